The van der Waals surface area contributed by atoms with E-state index >= 15 is 0 Å². The van der Waals surface area contributed by atoms with E-state index in [0.29, 0.717) is 18.5 Å². The number of alkyl halides is 3. The summed E-state index contributed by atoms with van der Waals surface area (Å²) in [6.07, 6.45) is -4.12. The minimum Gasteiger partial charge on any atom is -0.341 e. The first-order valence-corrected chi connectivity index (χ1v) is 10.9. The number of hydrogen-bond acceptors (Lipinski definition) is 3. The van der Waals surface area contributed by atoms with Gasteiger partial charge in [-0.05, 0) is 42.7 Å². The molecule has 1 unspecified atom stereocenters. The highest BCUT2D eigenvalue weighted by Gasteiger charge is 2.36. The maximum Gasteiger partial charge on any atom is 0.417 e. The Balaban J connectivity index is 1.62. The number of benzene rings is 2. The number of carbonyl (C=O) groups is 1. The lowest BCUT2D eigenvalue weighted by molar-refractivity contribution is -0.137. The Morgan fingerprint density at radius 2 is 1.83 bits per heavy atom. The molecule has 2 aromatic carbocycles. The SMILES string of the molecule is O=C(CCc1ccc(Cl)c(C(F)(F)F)c1)N1CCC(S(=O)(=O)c2ccccc2)C1. The van der Waals surface area contributed by atoms with Gasteiger partial charge in [0.05, 0.1) is 20.7 Å². The second kappa shape index (κ2) is 8.36. The molecule has 0 saturated carbocycles. The fourth-order valence-corrected chi connectivity index (χ4v) is 5.30. The monoisotopic (exact) mass is 445 g/mol. The number of hydrogen-bond donors (Lipinski definition) is 0. The predicted molar refractivity (Wildman–Crippen MR) is 103 cm³/mol. The van der Waals surface area contributed by atoms with Gasteiger partial charge in [0.2, 0.25) is 5.91 Å². The minimum absolute atomic E-state index is 0.00294. The summed E-state index contributed by atoms with van der Waals surface area (Å²) in [6.45, 7) is 0.397. The summed E-state index contributed by atoms with van der Waals surface area (Å²) in [7, 11) is -3.53. The topological polar surface area (TPSA) is 54.5 Å². The third kappa shape index (κ3) is 4.93. The first-order chi connectivity index (χ1) is 13.6. The summed E-state index contributed by atoms with van der Waals surface area (Å²) in [6, 6.07) is 11.6. The van der Waals surface area contributed by atoms with Crippen molar-refractivity contribution in [1.82, 2.24) is 4.90 Å². The molecule has 0 aromatic heterocycles. The van der Waals surface area contributed by atoms with Crippen LogP contribution in [-0.2, 0) is 27.2 Å². The van der Waals surface area contributed by atoms with Crippen molar-refractivity contribution >= 4 is 27.3 Å². The number of aryl methyl sites for hydroxylation is 1. The summed E-state index contributed by atoms with van der Waals surface area (Å²) in [4.78, 5) is 14.1. The zero-order valence-corrected chi connectivity index (χ0v) is 16.9. The lowest BCUT2D eigenvalue weighted by Crippen LogP contribution is -2.32. The molecule has 2 aromatic rings. The van der Waals surface area contributed by atoms with Crippen LogP contribution in [-0.4, -0.2) is 37.6 Å². The van der Waals surface area contributed by atoms with E-state index in [1.54, 1.807) is 18.2 Å². The van der Waals surface area contributed by atoms with Gasteiger partial charge in [-0.2, -0.15) is 13.2 Å². The zero-order valence-electron chi connectivity index (χ0n) is 15.3. The lowest BCUT2D eigenvalue weighted by Gasteiger charge is -2.17. The van der Waals surface area contributed by atoms with Crippen LogP contribution >= 0.6 is 11.6 Å². The van der Waals surface area contributed by atoms with Crippen molar-refractivity contribution in [2.45, 2.75) is 35.6 Å². The molecule has 3 rings (SSSR count). The largest absolute Gasteiger partial charge is 0.417 e. The summed E-state index contributed by atoms with van der Waals surface area (Å²) >= 11 is 5.60. The lowest BCUT2D eigenvalue weighted by atomic mass is 10.1. The van der Waals surface area contributed by atoms with Crippen LogP contribution in [0.25, 0.3) is 0 Å². The molecule has 0 bridgehead atoms. The fourth-order valence-electron chi connectivity index (χ4n) is 3.37. The minimum atomic E-state index is -4.56. The molecule has 1 aliphatic heterocycles. The second-order valence-corrected chi connectivity index (χ2v) is 9.56. The molecule has 29 heavy (non-hydrogen) atoms. The molecule has 1 fully saturated rings. The van der Waals surface area contributed by atoms with Crippen LogP contribution in [0, 0.1) is 0 Å². The first kappa shape index (κ1) is 21.6. The highest BCUT2D eigenvalue weighted by atomic mass is 35.5. The van der Waals surface area contributed by atoms with E-state index in [0.717, 1.165) is 6.07 Å². The van der Waals surface area contributed by atoms with Gasteiger partial charge in [0.15, 0.2) is 9.84 Å². The number of sulfone groups is 1. The van der Waals surface area contributed by atoms with Crippen molar-refractivity contribution in [2.24, 2.45) is 0 Å². The van der Waals surface area contributed by atoms with E-state index in [1.165, 1.54) is 29.2 Å². The van der Waals surface area contributed by atoms with Gasteiger partial charge in [0, 0.05) is 19.5 Å². The van der Waals surface area contributed by atoms with Gasteiger partial charge in [-0.3, -0.25) is 4.79 Å². The summed E-state index contributed by atoms with van der Waals surface area (Å²) in [5.41, 5.74) is -0.581. The van der Waals surface area contributed by atoms with Gasteiger partial charge in [-0.25, -0.2) is 8.42 Å². The van der Waals surface area contributed by atoms with E-state index in [-0.39, 0.29) is 35.2 Å². The highest BCUT2D eigenvalue weighted by Crippen LogP contribution is 2.35. The van der Waals surface area contributed by atoms with E-state index in [2.05, 4.69) is 0 Å². The molecule has 0 N–H and O–H groups in total. The van der Waals surface area contributed by atoms with E-state index in [4.69, 9.17) is 11.6 Å². The Bertz CT molecular complexity index is 994. The quantitative estimate of drug-likeness (QED) is 0.687. The van der Waals surface area contributed by atoms with Crippen LogP contribution in [0.5, 0.6) is 0 Å². The Morgan fingerprint density at radius 3 is 2.48 bits per heavy atom. The zero-order chi connectivity index (χ0) is 21.2. The van der Waals surface area contributed by atoms with E-state index in [1.807, 2.05) is 0 Å². The Hall–Kier alpha value is -2.06. The molecule has 1 saturated heterocycles. The van der Waals surface area contributed by atoms with Crippen LogP contribution in [0.15, 0.2) is 53.4 Å². The van der Waals surface area contributed by atoms with Crippen molar-refractivity contribution in [3.05, 3.63) is 64.7 Å². The van der Waals surface area contributed by atoms with Crippen molar-refractivity contribution < 1.29 is 26.4 Å². The molecule has 1 amide bonds. The first-order valence-electron chi connectivity index (χ1n) is 9.01. The molecule has 9 heteroatoms. The smallest absolute Gasteiger partial charge is 0.341 e. The molecular formula is C20H19ClF3NO3S. The van der Waals surface area contributed by atoms with Crippen LogP contribution in [0.3, 0.4) is 0 Å². The van der Waals surface area contributed by atoms with Crippen molar-refractivity contribution in [3.8, 4) is 0 Å². The second-order valence-electron chi connectivity index (χ2n) is 6.92. The van der Waals surface area contributed by atoms with Gasteiger partial charge < -0.3 is 4.90 Å². The number of carbonyl (C=O) groups excluding carboxylic acids is 1. The molecule has 1 atom stereocenters. The van der Waals surface area contributed by atoms with Crippen LogP contribution in [0.1, 0.15) is 24.0 Å². The van der Waals surface area contributed by atoms with Crippen LogP contribution < -0.4 is 0 Å². The van der Waals surface area contributed by atoms with Crippen LogP contribution in [0.2, 0.25) is 5.02 Å². The fraction of sp³-hybridized carbons (Fsp3) is 0.350. The number of amides is 1. The predicted octanol–water partition coefficient (Wildman–Crippen LogP) is 4.37. The maximum absolute atomic E-state index is 13.0. The van der Waals surface area contributed by atoms with Crippen LogP contribution in [0.4, 0.5) is 13.2 Å². The van der Waals surface area contributed by atoms with E-state index < -0.39 is 26.8 Å². The van der Waals surface area contributed by atoms with Crippen molar-refractivity contribution in [2.75, 3.05) is 13.1 Å². The molecule has 1 aliphatic rings. The molecule has 4 nitrogen and oxygen atoms in total. The van der Waals surface area contributed by atoms with Crippen molar-refractivity contribution in [3.63, 3.8) is 0 Å². The van der Waals surface area contributed by atoms with Gasteiger partial charge in [0.25, 0.3) is 0 Å². The molecule has 156 valence electrons. The summed E-state index contributed by atoms with van der Waals surface area (Å²) < 4.78 is 64.2. The molecular weight excluding hydrogens is 427 g/mol. The Labute approximate surface area is 172 Å². The van der Waals surface area contributed by atoms with Gasteiger partial charge in [0.1, 0.15) is 0 Å². The third-order valence-electron chi connectivity index (χ3n) is 4.97. The summed E-state index contributed by atoms with van der Waals surface area (Å²) in [5, 5.41) is -1.07. The number of rotatable bonds is 5. The Kier molecular flexibility index (Phi) is 6.24. The average Bonchev–Trinajstić information content (AvgIpc) is 3.18. The Morgan fingerprint density at radius 1 is 1.14 bits per heavy atom. The highest BCUT2D eigenvalue weighted by molar-refractivity contribution is 7.92. The standard InChI is InChI=1S/C20H19ClF3NO3S/c21-18-8-6-14(12-17(18)20(22,23)24)7-9-19(26)25-11-10-16(13-25)29(27,28)15-4-2-1-3-5-15/h1-6,8,12,16H,7,9-11,13H2. The van der Waals surface area contributed by atoms with Crippen molar-refractivity contribution in [1.29, 1.82) is 0 Å². The third-order valence-corrected chi connectivity index (χ3v) is 7.49. The number of nitrogens with zero attached hydrogens (tertiary/aromatic N) is 1. The molecule has 0 aliphatic carbocycles. The molecule has 1 heterocycles. The summed E-state index contributed by atoms with van der Waals surface area (Å²) in [5.74, 6) is -0.278. The normalized spacial score (nSPS) is 17.5. The van der Waals surface area contributed by atoms with Gasteiger partial charge in [-0.15, -0.1) is 0 Å². The molecule has 0 spiro atoms. The van der Waals surface area contributed by atoms with Gasteiger partial charge >= 0.3 is 6.18 Å². The van der Waals surface area contributed by atoms with E-state index in [9.17, 15) is 26.4 Å². The van der Waals surface area contributed by atoms with Gasteiger partial charge in [-0.1, -0.05) is 35.9 Å². The molecule has 0 radical (unpaired) electrons. The number of halogens is 4. The number of likely N-dealkylation sites (tertiary alicyclic amines) is 1. The maximum atomic E-state index is 13.0. The average molecular weight is 446 g/mol.